The van der Waals surface area contributed by atoms with E-state index in [1.165, 1.54) is 42.5 Å². The van der Waals surface area contributed by atoms with Gasteiger partial charge in [0.25, 0.3) is 17.7 Å². The number of aryl methyl sites for hydroxylation is 1. The second kappa shape index (κ2) is 10.9. The van der Waals surface area contributed by atoms with Crippen molar-refractivity contribution in [2.75, 3.05) is 33.3 Å². The first-order chi connectivity index (χ1) is 17.7. The van der Waals surface area contributed by atoms with Crippen molar-refractivity contribution in [3.05, 3.63) is 83.8 Å². The Balaban J connectivity index is 1.54. The van der Waals surface area contributed by atoms with E-state index in [1.807, 2.05) is 6.92 Å². The molecular weight excluding hydrogens is 498 g/mol. The predicted octanol–water partition coefficient (Wildman–Crippen LogP) is 2.11. The van der Waals surface area contributed by atoms with Gasteiger partial charge in [-0.3, -0.25) is 14.4 Å². The van der Waals surface area contributed by atoms with E-state index in [-0.39, 0.29) is 42.7 Å². The highest BCUT2D eigenvalue weighted by atomic mass is 32.2. The summed E-state index contributed by atoms with van der Waals surface area (Å²) in [5.74, 6) is -1.55. The summed E-state index contributed by atoms with van der Waals surface area (Å²) >= 11 is 0. The zero-order valence-corrected chi connectivity index (χ0v) is 21.2. The van der Waals surface area contributed by atoms with Gasteiger partial charge in [0, 0.05) is 26.2 Å². The molecule has 11 heteroatoms. The number of hydrogen-bond acceptors (Lipinski definition) is 7. The number of piperazine rings is 1. The summed E-state index contributed by atoms with van der Waals surface area (Å²) in [5.41, 5.74) is 1.24. The molecule has 0 aliphatic carbocycles. The average Bonchev–Trinajstić information content (AvgIpc) is 3.46. The maximum absolute atomic E-state index is 13.5. The van der Waals surface area contributed by atoms with Crippen LogP contribution in [0.15, 0.2) is 76.2 Å². The Labute approximate surface area is 214 Å². The van der Waals surface area contributed by atoms with Gasteiger partial charge in [-0.25, -0.2) is 8.42 Å². The van der Waals surface area contributed by atoms with Gasteiger partial charge in [0.05, 0.1) is 23.8 Å². The Morgan fingerprint density at radius 2 is 1.57 bits per heavy atom. The zero-order chi connectivity index (χ0) is 26.6. The van der Waals surface area contributed by atoms with Gasteiger partial charge < -0.3 is 24.3 Å². The number of carbonyl (C=O) groups is 3. The van der Waals surface area contributed by atoms with E-state index in [2.05, 4.69) is 5.32 Å². The van der Waals surface area contributed by atoms with Gasteiger partial charge in [-0.1, -0.05) is 29.8 Å². The van der Waals surface area contributed by atoms with Crippen LogP contribution in [-0.2, 0) is 14.6 Å². The molecule has 0 spiro atoms. The fourth-order valence-electron chi connectivity index (χ4n) is 4.02. The molecule has 2 heterocycles. The third-order valence-corrected chi connectivity index (χ3v) is 7.98. The highest BCUT2D eigenvalue weighted by Crippen LogP contribution is 2.22. The van der Waals surface area contributed by atoms with E-state index in [1.54, 1.807) is 41.3 Å². The molecule has 4 rings (SSSR count). The molecule has 0 saturated carbocycles. The smallest absolute Gasteiger partial charge is 0.288 e. The summed E-state index contributed by atoms with van der Waals surface area (Å²) in [5, 5.41) is 0.465. The van der Waals surface area contributed by atoms with E-state index < -0.39 is 27.0 Å². The molecule has 1 saturated heterocycles. The van der Waals surface area contributed by atoms with Gasteiger partial charge in [0.15, 0.2) is 5.76 Å². The minimum atomic E-state index is -4.30. The molecule has 1 aliphatic rings. The van der Waals surface area contributed by atoms with Crippen molar-refractivity contribution >= 4 is 27.6 Å². The van der Waals surface area contributed by atoms with Crippen molar-refractivity contribution in [1.29, 1.82) is 0 Å². The molecule has 1 aromatic heterocycles. The van der Waals surface area contributed by atoms with Crippen LogP contribution >= 0.6 is 0 Å². The summed E-state index contributed by atoms with van der Waals surface area (Å²) in [7, 11) is -2.82. The van der Waals surface area contributed by atoms with Crippen molar-refractivity contribution < 1.29 is 32.0 Å². The number of amides is 3. The third kappa shape index (κ3) is 5.51. The summed E-state index contributed by atoms with van der Waals surface area (Å²) in [6.07, 6.45) is 1.28. The van der Waals surface area contributed by atoms with E-state index in [0.29, 0.717) is 11.3 Å². The van der Waals surface area contributed by atoms with E-state index in [0.717, 1.165) is 5.56 Å². The van der Waals surface area contributed by atoms with Crippen LogP contribution in [0.25, 0.3) is 0 Å². The molecule has 1 N–H and O–H groups in total. The van der Waals surface area contributed by atoms with Crippen molar-refractivity contribution in [3.8, 4) is 5.75 Å². The van der Waals surface area contributed by atoms with Gasteiger partial charge >= 0.3 is 0 Å². The number of rotatable bonds is 7. The van der Waals surface area contributed by atoms with Crippen LogP contribution in [0.3, 0.4) is 0 Å². The van der Waals surface area contributed by atoms with Gasteiger partial charge in [-0.05, 0) is 43.3 Å². The van der Waals surface area contributed by atoms with Crippen LogP contribution in [0.1, 0.15) is 26.5 Å². The molecular formula is C26H27N3O7S. The van der Waals surface area contributed by atoms with Crippen LogP contribution in [0.4, 0.5) is 0 Å². The number of sulfone groups is 1. The van der Waals surface area contributed by atoms with Crippen molar-refractivity contribution in [2.45, 2.75) is 17.2 Å². The van der Waals surface area contributed by atoms with Crippen molar-refractivity contribution in [1.82, 2.24) is 15.1 Å². The monoisotopic (exact) mass is 525 g/mol. The number of furan rings is 1. The average molecular weight is 526 g/mol. The highest BCUT2D eigenvalue weighted by molar-refractivity contribution is 7.92. The summed E-state index contributed by atoms with van der Waals surface area (Å²) in [6, 6.07) is 15.7. The minimum Gasteiger partial charge on any atom is -0.496 e. The Morgan fingerprint density at radius 1 is 0.919 bits per heavy atom. The maximum Gasteiger partial charge on any atom is 0.288 e. The number of hydrogen-bond donors (Lipinski definition) is 1. The molecule has 0 radical (unpaired) electrons. The van der Waals surface area contributed by atoms with Gasteiger partial charge in [-0.15, -0.1) is 0 Å². The van der Waals surface area contributed by atoms with Crippen molar-refractivity contribution in [3.63, 3.8) is 0 Å². The number of nitrogens with one attached hydrogen (secondary N) is 1. The molecule has 3 aromatic rings. The first-order valence-corrected chi connectivity index (χ1v) is 13.1. The zero-order valence-electron chi connectivity index (χ0n) is 20.4. The van der Waals surface area contributed by atoms with Crippen LogP contribution in [0, 0.1) is 6.92 Å². The molecule has 0 unspecified atom stereocenters. The maximum atomic E-state index is 13.5. The van der Waals surface area contributed by atoms with E-state index in [9.17, 15) is 22.8 Å². The predicted molar refractivity (Wildman–Crippen MR) is 134 cm³/mol. The standard InChI is InChI=1S/C26H27N3O7S/c1-18-9-11-19(12-10-18)37(33,34)24(27-23(30)22-8-5-17-36-22)26(32)29-15-13-28(14-16-29)25(31)20-6-3-4-7-21(20)35-2/h3-12,17,24H,13-16H2,1-2H3,(H,27,30)/t24-/m1/s1. The molecule has 1 aliphatic heterocycles. The quantitative estimate of drug-likeness (QED) is 0.501. The Bertz CT molecular complexity index is 1380. The number of benzene rings is 2. The van der Waals surface area contributed by atoms with E-state index >= 15 is 0 Å². The summed E-state index contributed by atoms with van der Waals surface area (Å²) < 4.78 is 37.3. The third-order valence-electron chi connectivity index (χ3n) is 6.11. The van der Waals surface area contributed by atoms with Crippen LogP contribution in [0.2, 0.25) is 0 Å². The topological polar surface area (TPSA) is 126 Å². The lowest BCUT2D eigenvalue weighted by Crippen LogP contribution is -2.57. The Morgan fingerprint density at radius 3 is 2.19 bits per heavy atom. The molecule has 37 heavy (non-hydrogen) atoms. The summed E-state index contributed by atoms with van der Waals surface area (Å²) in [6.45, 7) is 2.37. The van der Waals surface area contributed by atoms with Crippen LogP contribution in [0.5, 0.6) is 5.75 Å². The van der Waals surface area contributed by atoms with Gasteiger partial charge in [0.1, 0.15) is 5.75 Å². The number of ether oxygens (including phenoxy) is 1. The first kappa shape index (κ1) is 26.0. The van der Waals surface area contributed by atoms with E-state index in [4.69, 9.17) is 9.15 Å². The first-order valence-electron chi connectivity index (χ1n) is 11.6. The van der Waals surface area contributed by atoms with Gasteiger partial charge in [0.2, 0.25) is 15.2 Å². The molecule has 1 atom stereocenters. The van der Waals surface area contributed by atoms with Crippen LogP contribution < -0.4 is 10.1 Å². The lowest BCUT2D eigenvalue weighted by atomic mass is 10.1. The largest absolute Gasteiger partial charge is 0.496 e. The molecule has 194 valence electrons. The Kier molecular flexibility index (Phi) is 7.63. The number of carbonyl (C=O) groups excluding carboxylic acids is 3. The second-order valence-corrected chi connectivity index (χ2v) is 10.5. The molecule has 1 fully saturated rings. The fourth-order valence-corrected chi connectivity index (χ4v) is 5.49. The minimum absolute atomic E-state index is 0.0935. The normalized spacial score (nSPS) is 14.6. The SMILES string of the molecule is COc1ccccc1C(=O)N1CCN(C(=O)[C@H](NC(=O)c2ccco2)S(=O)(=O)c2ccc(C)cc2)CC1. The molecule has 3 amide bonds. The molecule has 10 nitrogen and oxygen atoms in total. The van der Waals surface area contributed by atoms with Gasteiger partial charge in [-0.2, -0.15) is 0 Å². The summed E-state index contributed by atoms with van der Waals surface area (Å²) in [4.78, 5) is 42.0. The number of para-hydroxylation sites is 1. The lowest BCUT2D eigenvalue weighted by Gasteiger charge is -2.36. The highest BCUT2D eigenvalue weighted by Gasteiger charge is 2.40. The Hall–Kier alpha value is -4.12. The lowest BCUT2D eigenvalue weighted by molar-refractivity contribution is -0.132. The molecule has 2 aromatic carbocycles. The second-order valence-electron chi connectivity index (χ2n) is 8.51. The number of nitrogens with zero attached hydrogens (tertiary/aromatic N) is 2. The van der Waals surface area contributed by atoms with Crippen LogP contribution in [-0.4, -0.2) is 74.6 Å². The number of methoxy groups -OCH3 is 1. The fraction of sp³-hybridized carbons (Fsp3) is 0.269. The van der Waals surface area contributed by atoms with Crippen molar-refractivity contribution in [2.24, 2.45) is 0 Å². The molecule has 0 bridgehead atoms.